The molecular formula is C11H22N2O2. The lowest BCUT2D eigenvalue weighted by Crippen LogP contribution is -2.26. The maximum Gasteiger partial charge on any atom is 0.220 e. The van der Waals surface area contributed by atoms with Crippen LogP contribution in [-0.2, 0) is 4.79 Å². The molecule has 1 aliphatic heterocycles. The molecule has 0 aromatic heterocycles. The Morgan fingerprint density at radius 2 is 2.47 bits per heavy atom. The fraction of sp³-hybridized carbons (Fsp3) is 0.909. The molecule has 3 N–H and O–H groups in total. The normalized spacial score (nSPS) is 22.7. The monoisotopic (exact) mass is 214 g/mol. The van der Waals surface area contributed by atoms with E-state index >= 15 is 0 Å². The summed E-state index contributed by atoms with van der Waals surface area (Å²) >= 11 is 0. The third-order valence-corrected chi connectivity index (χ3v) is 2.83. The Morgan fingerprint density at radius 1 is 1.67 bits per heavy atom. The Bertz CT molecular complexity index is 189. The largest absolute Gasteiger partial charge is 0.393 e. The molecule has 0 saturated carbocycles. The highest BCUT2D eigenvalue weighted by Crippen LogP contribution is 2.13. The average molecular weight is 214 g/mol. The van der Waals surface area contributed by atoms with Gasteiger partial charge in [0.15, 0.2) is 0 Å². The first-order chi connectivity index (χ1) is 7.18. The number of rotatable bonds is 6. The molecule has 1 aliphatic rings. The van der Waals surface area contributed by atoms with E-state index in [9.17, 15) is 4.79 Å². The topological polar surface area (TPSA) is 61.4 Å². The number of hydrogen-bond donors (Lipinski definition) is 3. The number of carbonyl (C=O) groups is 1. The lowest BCUT2D eigenvalue weighted by atomic mass is 10.0. The van der Waals surface area contributed by atoms with Crippen molar-refractivity contribution < 1.29 is 9.90 Å². The summed E-state index contributed by atoms with van der Waals surface area (Å²) in [5.41, 5.74) is 0. The highest BCUT2D eigenvalue weighted by atomic mass is 16.3. The van der Waals surface area contributed by atoms with Crippen molar-refractivity contribution in [2.75, 3.05) is 19.6 Å². The quantitative estimate of drug-likeness (QED) is 0.594. The molecule has 0 aromatic carbocycles. The number of hydrogen-bond acceptors (Lipinski definition) is 3. The van der Waals surface area contributed by atoms with Gasteiger partial charge >= 0.3 is 0 Å². The van der Waals surface area contributed by atoms with E-state index in [1.165, 1.54) is 6.42 Å². The van der Waals surface area contributed by atoms with Gasteiger partial charge in [-0.1, -0.05) is 0 Å². The molecule has 88 valence electrons. The molecule has 1 rings (SSSR count). The van der Waals surface area contributed by atoms with Crippen LogP contribution in [0.5, 0.6) is 0 Å². The standard InChI is InChI=1S/C11H22N2O2/c1-9(14)4-7-13-11(15)3-2-10-5-6-12-8-10/h9-10,12,14H,2-8H2,1H3,(H,13,15). The molecule has 2 unspecified atom stereocenters. The molecule has 4 nitrogen and oxygen atoms in total. The number of amides is 1. The van der Waals surface area contributed by atoms with Crippen LogP contribution in [0.3, 0.4) is 0 Å². The van der Waals surface area contributed by atoms with E-state index in [2.05, 4.69) is 10.6 Å². The summed E-state index contributed by atoms with van der Waals surface area (Å²) in [6.45, 7) is 4.46. The van der Waals surface area contributed by atoms with Crippen molar-refractivity contribution in [3.8, 4) is 0 Å². The van der Waals surface area contributed by atoms with Gasteiger partial charge in [0.1, 0.15) is 0 Å². The van der Waals surface area contributed by atoms with Crippen molar-refractivity contribution in [3.63, 3.8) is 0 Å². The van der Waals surface area contributed by atoms with Gasteiger partial charge in [-0.05, 0) is 45.2 Å². The van der Waals surface area contributed by atoms with Crippen molar-refractivity contribution >= 4 is 5.91 Å². The minimum Gasteiger partial charge on any atom is -0.393 e. The Morgan fingerprint density at radius 3 is 3.07 bits per heavy atom. The smallest absolute Gasteiger partial charge is 0.220 e. The Labute approximate surface area is 91.4 Å². The Hall–Kier alpha value is -0.610. The van der Waals surface area contributed by atoms with E-state index < -0.39 is 0 Å². The lowest BCUT2D eigenvalue weighted by Gasteiger charge is -2.09. The predicted octanol–water partition coefficient (Wildman–Crippen LogP) is 0.263. The van der Waals surface area contributed by atoms with Gasteiger partial charge in [0.2, 0.25) is 5.91 Å². The summed E-state index contributed by atoms with van der Waals surface area (Å²) in [5, 5.41) is 15.1. The highest BCUT2D eigenvalue weighted by molar-refractivity contribution is 5.75. The predicted molar refractivity (Wildman–Crippen MR) is 59.5 cm³/mol. The van der Waals surface area contributed by atoms with E-state index in [-0.39, 0.29) is 12.0 Å². The first-order valence-electron chi connectivity index (χ1n) is 5.84. The van der Waals surface area contributed by atoms with Gasteiger partial charge in [0, 0.05) is 13.0 Å². The summed E-state index contributed by atoms with van der Waals surface area (Å²) in [6, 6.07) is 0. The molecule has 0 radical (unpaired) electrons. The Balaban J connectivity index is 1.98. The van der Waals surface area contributed by atoms with Crippen molar-refractivity contribution in [1.29, 1.82) is 0 Å². The van der Waals surface area contributed by atoms with Gasteiger partial charge in [-0.2, -0.15) is 0 Å². The molecule has 4 heteroatoms. The molecule has 0 aliphatic carbocycles. The van der Waals surface area contributed by atoms with Crippen molar-refractivity contribution in [2.45, 2.75) is 38.7 Å². The molecule has 0 spiro atoms. The number of nitrogens with one attached hydrogen (secondary N) is 2. The van der Waals surface area contributed by atoms with Gasteiger partial charge in [-0.25, -0.2) is 0 Å². The van der Waals surface area contributed by atoms with Gasteiger partial charge in [0.25, 0.3) is 0 Å². The molecule has 2 atom stereocenters. The summed E-state index contributed by atoms with van der Waals surface area (Å²) < 4.78 is 0. The number of aliphatic hydroxyl groups is 1. The second-order valence-electron chi connectivity index (χ2n) is 4.39. The average Bonchev–Trinajstić information content (AvgIpc) is 2.66. The number of carbonyl (C=O) groups excluding carboxylic acids is 1. The van der Waals surface area contributed by atoms with Crippen LogP contribution in [0.15, 0.2) is 0 Å². The van der Waals surface area contributed by atoms with Crippen LogP contribution in [0.4, 0.5) is 0 Å². The van der Waals surface area contributed by atoms with Crippen LogP contribution >= 0.6 is 0 Å². The fourth-order valence-corrected chi connectivity index (χ4v) is 1.80. The van der Waals surface area contributed by atoms with Gasteiger partial charge in [-0.15, -0.1) is 0 Å². The van der Waals surface area contributed by atoms with Gasteiger partial charge < -0.3 is 15.7 Å². The first kappa shape index (κ1) is 12.5. The van der Waals surface area contributed by atoms with E-state index in [1.807, 2.05) is 0 Å². The number of aliphatic hydroxyl groups excluding tert-OH is 1. The zero-order valence-corrected chi connectivity index (χ0v) is 9.46. The maximum absolute atomic E-state index is 11.4. The molecule has 1 saturated heterocycles. The van der Waals surface area contributed by atoms with Crippen molar-refractivity contribution in [2.24, 2.45) is 5.92 Å². The molecule has 15 heavy (non-hydrogen) atoms. The molecule has 0 bridgehead atoms. The second-order valence-corrected chi connectivity index (χ2v) is 4.39. The zero-order chi connectivity index (χ0) is 11.1. The summed E-state index contributed by atoms with van der Waals surface area (Å²) in [5.74, 6) is 0.787. The molecule has 1 amide bonds. The Kier molecular flexibility index (Phi) is 5.65. The highest BCUT2D eigenvalue weighted by Gasteiger charge is 2.15. The second kappa shape index (κ2) is 6.80. The van der Waals surface area contributed by atoms with Crippen LogP contribution in [0.1, 0.15) is 32.6 Å². The third-order valence-electron chi connectivity index (χ3n) is 2.83. The lowest BCUT2D eigenvalue weighted by molar-refractivity contribution is -0.121. The van der Waals surface area contributed by atoms with Crippen molar-refractivity contribution in [1.82, 2.24) is 10.6 Å². The summed E-state index contributed by atoms with van der Waals surface area (Å²) in [6.07, 6.45) is 3.10. The zero-order valence-electron chi connectivity index (χ0n) is 9.46. The van der Waals surface area contributed by atoms with E-state index in [0.717, 1.165) is 19.5 Å². The van der Waals surface area contributed by atoms with Gasteiger partial charge in [-0.3, -0.25) is 4.79 Å². The molecule has 1 fully saturated rings. The van der Waals surface area contributed by atoms with E-state index in [4.69, 9.17) is 5.11 Å². The fourth-order valence-electron chi connectivity index (χ4n) is 1.80. The first-order valence-corrected chi connectivity index (χ1v) is 5.84. The van der Waals surface area contributed by atoms with Crippen LogP contribution in [0.25, 0.3) is 0 Å². The molecule has 1 heterocycles. The van der Waals surface area contributed by atoms with Crippen LogP contribution in [0, 0.1) is 5.92 Å². The summed E-state index contributed by atoms with van der Waals surface area (Å²) in [4.78, 5) is 11.4. The third kappa shape index (κ3) is 5.74. The maximum atomic E-state index is 11.4. The minimum atomic E-state index is -0.329. The van der Waals surface area contributed by atoms with E-state index in [1.54, 1.807) is 6.92 Å². The molecule has 0 aromatic rings. The van der Waals surface area contributed by atoms with Crippen LogP contribution < -0.4 is 10.6 Å². The van der Waals surface area contributed by atoms with Crippen molar-refractivity contribution in [3.05, 3.63) is 0 Å². The van der Waals surface area contributed by atoms with Crippen LogP contribution in [0.2, 0.25) is 0 Å². The summed E-state index contributed by atoms with van der Waals surface area (Å²) in [7, 11) is 0. The van der Waals surface area contributed by atoms with Crippen LogP contribution in [-0.4, -0.2) is 36.8 Å². The van der Waals surface area contributed by atoms with Gasteiger partial charge in [0.05, 0.1) is 6.10 Å². The van der Waals surface area contributed by atoms with E-state index in [0.29, 0.717) is 25.3 Å². The molecular weight excluding hydrogens is 192 g/mol. The SMILES string of the molecule is CC(O)CCNC(=O)CCC1CCNC1. The minimum absolute atomic E-state index is 0.113.